The van der Waals surface area contributed by atoms with Crippen LogP contribution >= 0.6 is 0 Å². The zero-order chi connectivity index (χ0) is 13.4. The highest BCUT2D eigenvalue weighted by molar-refractivity contribution is 5.08. The third-order valence-corrected chi connectivity index (χ3v) is 1.07. The van der Waals surface area contributed by atoms with Crippen molar-refractivity contribution < 1.29 is 49.4 Å². The Morgan fingerprint density at radius 3 is 1.50 bits per heavy atom. The van der Waals surface area contributed by atoms with Gasteiger partial charge < -0.3 is 5.11 Å². The Hall–Kier alpha value is -1.13. The van der Waals surface area contributed by atoms with E-state index < -0.39 is 30.2 Å². The summed E-state index contributed by atoms with van der Waals surface area (Å²) in [7, 11) is 0. The van der Waals surface area contributed by atoms with Gasteiger partial charge in [0.2, 0.25) is 0 Å². The summed E-state index contributed by atoms with van der Waals surface area (Å²) in [5, 5.41) is 7.51. The number of aliphatic hydroxyl groups is 1. The van der Waals surface area contributed by atoms with Gasteiger partial charge in [-0.1, -0.05) is 0 Å². The minimum atomic E-state index is -6.41. The molecule has 0 atom stereocenters. The van der Waals surface area contributed by atoms with Gasteiger partial charge in [-0.15, -0.1) is 13.2 Å². The van der Waals surface area contributed by atoms with Crippen molar-refractivity contribution in [2.45, 2.75) is 18.4 Å². The van der Waals surface area contributed by atoms with Crippen molar-refractivity contribution in [1.82, 2.24) is 0 Å². The number of rotatable bonds is 3. The van der Waals surface area contributed by atoms with Gasteiger partial charge in [-0.25, -0.2) is 4.74 Å². The quantitative estimate of drug-likeness (QED) is 0.625. The lowest BCUT2D eigenvalue weighted by Crippen LogP contribution is -2.47. The Morgan fingerprint density at radius 1 is 0.875 bits per heavy atom. The third-order valence-electron chi connectivity index (χ3n) is 1.07. The lowest BCUT2D eigenvalue weighted by atomic mass is 10.3. The molecule has 0 unspecified atom stereocenters. The average Bonchev–Trinajstić information content (AvgIpc) is 1.97. The zero-order valence-electron chi connectivity index (χ0n) is 6.76. The predicted octanol–water partition coefficient (Wildman–Crippen LogP) is 3.42. The molecule has 0 aromatic carbocycles. The molecule has 0 aliphatic heterocycles. The van der Waals surface area contributed by atoms with Crippen LogP contribution in [0.2, 0.25) is 0 Å². The molecule has 0 aromatic rings. The van der Waals surface area contributed by atoms with Crippen LogP contribution in [0.3, 0.4) is 0 Å². The fourth-order valence-electron chi connectivity index (χ4n) is 0.467. The highest BCUT2D eigenvalue weighted by Gasteiger charge is 2.67. The van der Waals surface area contributed by atoms with Gasteiger partial charge in [0.05, 0.1) is 0 Å². The summed E-state index contributed by atoms with van der Waals surface area (Å²) in [6, 6.07) is -3.38. The SMILES string of the molecule is OC(F)=C(F)C(F)(F)C(F)(F)OC(F)(F)F. The molecule has 0 heterocycles. The standard InChI is InChI=1S/C5HF9O2/c6-1(2(7)15)3(8,9)4(10,11)16-5(12,13)14/h15H. The molecule has 0 spiro atoms. The molecule has 2 nitrogen and oxygen atoms in total. The first-order valence-corrected chi connectivity index (χ1v) is 3.08. The molecule has 1 N–H and O–H groups in total. The first kappa shape index (κ1) is 14.9. The van der Waals surface area contributed by atoms with E-state index in [1.807, 2.05) is 0 Å². The van der Waals surface area contributed by atoms with Gasteiger partial charge in [0.1, 0.15) is 0 Å². The summed E-state index contributed by atoms with van der Waals surface area (Å²) in [5.41, 5.74) is 0. The lowest BCUT2D eigenvalue weighted by molar-refractivity contribution is -0.461. The first-order chi connectivity index (χ1) is 6.81. The van der Waals surface area contributed by atoms with E-state index in [0.29, 0.717) is 0 Å². The smallest absolute Gasteiger partial charge is 0.484 e. The summed E-state index contributed by atoms with van der Waals surface area (Å²) in [5.74, 6) is -10.1. The molecule has 0 radical (unpaired) electrons. The fourth-order valence-corrected chi connectivity index (χ4v) is 0.467. The van der Waals surface area contributed by atoms with Crippen LogP contribution in [0, 0.1) is 0 Å². The monoisotopic (exact) mass is 264 g/mol. The van der Waals surface area contributed by atoms with E-state index in [1.165, 1.54) is 0 Å². The van der Waals surface area contributed by atoms with Gasteiger partial charge in [0.15, 0.2) is 0 Å². The molecule has 0 aromatic heterocycles. The van der Waals surface area contributed by atoms with E-state index in [2.05, 4.69) is 0 Å². The molecule has 0 aliphatic rings. The molecular weight excluding hydrogens is 263 g/mol. The van der Waals surface area contributed by atoms with Crippen LogP contribution in [0.4, 0.5) is 39.5 Å². The molecule has 0 bridgehead atoms. The van der Waals surface area contributed by atoms with Crippen LogP contribution in [0.5, 0.6) is 0 Å². The molecule has 96 valence electrons. The predicted molar refractivity (Wildman–Crippen MR) is 28.9 cm³/mol. The van der Waals surface area contributed by atoms with Gasteiger partial charge in [0, 0.05) is 0 Å². The van der Waals surface area contributed by atoms with Crippen LogP contribution < -0.4 is 0 Å². The number of hydrogen-bond acceptors (Lipinski definition) is 2. The number of alkyl halides is 7. The molecule has 11 heteroatoms. The van der Waals surface area contributed by atoms with Crippen molar-refractivity contribution in [3.8, 4) is 0 Å². The number of halogens is 9. The highest BCUT2D eigenvalue weighted by Crippen LogP contribution is 2.45. The topological polar surface area (TPSA) is 29.5 Å². The number of ether oxygens (including phenoxy) is 1. The van der Waals surface area contributed by atoms with Crippen LogP contribution in [-0.4, -0.2) is 23.5 Å². The lowest BCUT2D eigenvalue weighted by Gasteiger charge is -2.24. The molecule has 0 saturated heterocycles. The Morgan fingerprint density at radius 2 is 1.25 bits per heavy atom. The van der Waals surface area contributed by atoms with Gasteiger partial charge in [-0.05, 0) is 0 Å². The Kier molecular flexibility index (Phi) is 3.75. The maximum atomic E-state index is 12.2. The Labute approximate surface area is 80.9 Å². The van der Waals surface area contributed by atoms with E-state index in [9.17, 15) is 39.5 Å². The minimum absolute atomic E-state index is 1.63. The second-order valence-corrected chi connectivity index (χ2v) is 2.24. The Bertz CT molecular complexity index is 287. The summed E-state index contributed by atoms with van der Waals surface area (Å²) in [6.45, 7) is 0. The molecule has 0 aliphatic carbocycles. The first-order valence-electron chi connectivity index (χ1n) is 3.08. The highest BCUT2D eigenvalue weighted by atomic mass is 19.4. The van der Waals surface area contributed by atoms with E-state index in [0.717, 1.165) is 0 Å². The molecule has 16 heavy (non-hydrogen) atoms. The average molecular weight is 264 g/mol. The molecule has 0 fully saturated rings. The normalized spacial score (nSPS) is 16.1. The van der Waals surface area contributed by atoms with Gasteiger partial charge in [-0.3, -0.25) is 0 Å². The van der Waals surface area contributed by atoms with Crippen molar-refractivity contribution in [3.63, 3.8) is 0 Å². The second kappa shape index (κ2) is 4.03. The van der Waals surface area contributed by atoms with Crippen LogP contribution in [-0.2, 0) is 4.74 Å². The van der Waals surface area contributed by atoms with Crippen LogP contribution in [0.15, 0.2) is 11.8 Å². The molecular formula is C5HF9O2. The summed E-state index contributed by atoms with van der Waals surface area (Å²) in [4.78, 5) is 0. The van der Waals surface area contributed by atoms with Gasteiger partial charge in [-0.2, -0.15) is 26.3 Å². The van der Waals surface area contributed by atoms with Crippen molar-refractivity contribution in [2.75, 3.05) is 0 Å². The largest absolute Gasteiger partial charge is 0.527 e. The van der Waals surface area contributed by atoms with E-state index >= 15 is 0 Å². The maximum Gasteiger partial charge on any atom is 0.527 e. The number of aliphatic hydroxyl groups excluding tert-OH is 1. The van der Waals surface area contributed by atoms with Crippen LogP contribution in [0.1, 0.15) is 0 Å². The van der Waals surface area contributed by atoms with Crippen molar-refractivity contribution in [1.29, 1.82) is 0 Å². The maximum absolute atomic E-state index is 12.2. The third kappa shape index (κ3) is 3.18. The van der Waals surface area contributed by atoms with Crippen molar-refractivity contribution >= 4 is 0 Å². The summed E-state index contributed by atoms with van der Waals surface area (Å²) >= 11 is 0. The summed E-state index contributed by atoms with van der Waals surface area (Å²) in [6.07, 6.45) is -12.6. The Balaban J connectivity index is 5.23. The van der Waals surface area contributed by atoms with Crippen molar-refractivity contribution in [3.05, 3.63) is 11.8 Å². The van der Waals surface area contributed by atoms with Gasteiger partial charge >= 0.3 is 24.4 Å². The van der Waals surface area contributed by atoms with Crippen LogP contribution in [0.25, 0.3) is 0 Å². The van der Waals surface area contributed by atoms with E-state index in [-0.39, 0.29) is 0 Å². The fraction of sp³-hybridized carbons (Fsp3) is 0.600. The summed E-state index contributed by atoms with van der Waals surface area (Å²) < 4.78 is 107. The second-order valence-electron chi connectivity index (χ2n) is 2.24. The van der Waals surface area contributed by atoms with Crippen molar-refractivity contribution in [2.24, 2.45) is 0 Å². The van der Waals surface area contributed by atoms with Gasteiger partial charge in [0.25, 0.3) is 5.83 Å². The minimum Gasteiger partial charge on any atom is -0.484 e. The molecule has 0 saturated carbocycles. The zero-order valence-corrected chi connectivity index (χ0v) is 6.76. The van der Waals surface area contributed by atoms with E-state index in [4.69, 9.17) is 5.11 Å². The molecule has 0 rings (SSSR count). The van der Waals surface area contributed by atoms with E-state index in [1.54, 1.807) is 4.74 Å². The molecule has 0 amide bonds. The number of hydrogen-bond donors (Lipinski definition) is 1.